The third kappa shape index (κ3) is 6.57. The molecule has 20 heavy (non-hydrogen) atoms. The van der Waals surface area contributed by atoms with E-state index in [1.165, 1.54) is 32.1 Å². The SMILES string of the molecule is CNC(=O)CCN(C)C(=O)[C@@H](N)CC1CCCCC1.Cl. The Morgan fingerprint density at radius 1 is 1.30 bits per heavy atom. The van der Waals surface area contributed by atoms with Crippen LogP contribution in [0.1, 0.15) is 44.9 Å². The van der Waals surface area contributed by atoms with E-state index >= 15 is 0 Å². The monoisotopic (exact) mass is 305 g/mol. The van der Waals surface area contributed by atoms with Crippen LogP contribution in [-0.2, 0) is 9.59 Å². The molecule has 0 aromatic carbocycles. The summed E-state index contributed by atoms with van der Waals surface area (Å²) in [6, 6.07) is -0.419. The van der Waals surface area contributed by atoms with Gasteiger partial charge in [-0.1, -0.05) is 32.1 Å². The Morgan fingerprint density at radius 2 is 1.90 bits per heavy atom. The van der Waals surface area contributed by atoms with Crippen LogP contribution in [0.3, 0.4) is 0 Å². The van der Waals surface area contributed by atoms with Gasteiger partial charge in [0.15, 0.2) is 0 Å². The van der Waals surface area contributed by atoms with Crippen molar-refractivity contribution in [2.24, 2.45) is 11.7 Å². The topological polar surface area (TPSA) is 75.4 Å². The van der Waals surface area contributed by atoms with E-state index in [4.69, 9.17) is 5.73 Å². The molecular weight excluding hydrogens is 278 g/mol. The van der Waals surface area contributed by atoms with Gasteiger partial charge in [-0.05, 0) is 12.3 Å². The van der Waals surface area contributed by atoms with Crippen molar-refractivity contribution >= 4 is 24.2 Å². The van der Waals surface area contributed by atoms with E-state index in [-0.39, 0.29) is 24.2 Å². The molecule has 0 bridgehead atoms. The van der Waals surface area contributed by atoms with Crippen molar-refractivity contribution in [2.45, 2.75) is 51.0 Å². The number of halogens is 1. The van der Waals surface area contributed by atoms with Gasteiger partial charge in [0.25, 0.3) is 0 Å². The van der Waals surface area contributed by atoms with E-state index in [1.807, 2.05) is 0 Å². The average molecular weight is 306 g/mol. The maximum absolute atomic E-state index is 12.1. The summed E-state index contributed by atoms with van der Waals surface area (Å²) < 4.78 is 0. The molecule has 118 valence electrons. The van der Waals surface area contributed by atoms with Crippen molar-refractivity contribution in [1.82, 2.24) is 10.2 Å². The average Bonchev–Trinajstić information content (AvgIpc) is 2.44. The molecule has 0 saturated heterocycles. The number of nitrogens with one attached hydrogen (secondary N) is 1. The Balaban J connectivity index is 0.00000361. The predicted octanol–water partition coefficient (Wildman–Crippen LogP) is 1.30. The normalized spacial score (nSPS) is 16.9. The van der Waals surface area contributed by atoms with Crippen LogP contribution in [0.4, 0.5) is 0 Å². The summed E-state index contributed by atoms with van der Waals surface area (Å²) in [5.41, 5.74) is 6.00. The molecule has 1 saturated carbocycles. The molecule has 1 atom stereocenters. The van der Waals surface area contributed by atoms with Gasteiger partial charge in [0, 0.05) is 27.1 Å². The second-order valence-electron chi connectivity index (χ2n) is 5.53. The molecule has 0 aliphatic heterocycles. The number of likely N-dealkylation sites (N-methyl/N-ethyl adjacent to an activating group) is 1. The third-order valence-corrected chi connectivity index (χ3v) is 3.96. The second kappa shape index (κ2) is 10.00. The lowest BCUT2D eigenvalue weighted by Gasteiger charge is -2.26. The van der Waals surface area contributed by atoms with Crippen LogP contribution >= 0.6 is 12.4 Å². The standard InChI is InChI=1S/C14H27N3O2.ClH/c1-16-13(18)8-9-17(2)14(19)12(15)10-11-6-4-3-5-7-11;/h11-12H,3-10,15H2,1-2H3,(H,16,18);1H/t12-;/m0./s1. The Hall–Kier alpha value is -0.810. The van der Waals surface area contributed by atoms with Gasteiger partial charge >= 0.3 is 0 Å². The van der Waals surface area contributed by atoms with E-state index in [2.05, 4.69) is 5.32 Å². The number of nitrogens with two attached hydrogens (primary N) is 1. The van der Waals surface area contributed by atoms with E-state index in [1.54, 1.807) is 19.0 Å². The number of carbonyl (C=O) groups excluding carboxylic acids is 2. The van der Waals surface area contributed by atoms with Gasteiger partial charge in [-0.15, -0.1) is 12.4 Å². The smallest absolute Gasteiger partial charge is 0.239 e. The van der Waals surface area contributed by atoms with Gasteiger partial charge in [0.1, 0.15) is 0 Å². The fourth-order valence-electron chi connectivity index (χ4n) is 2.67. The number of carbonyl (C=O) groups is 2. The van der Waals surface area contributed by atoms with Gasteiger partial charge in [-0.25, -0.2) is 0 Å². The maximum Gasteiger partial charge on any atom is 0.239 e. The molecule has 1 aliphatic rings. The molecule has 1 aliphatic carbocycles. The number of hydrogen-bond acceptors (Lipinski definition) is 3. The van der Waals surface area contributed by atoms with Crippen LogP contribution in [0.2, 0.25) is 0 Å². The van der Waals surface area contributed by atoms with Crippen molar-refractivity contribution in [3.63, 3.8) is 0 Å². The fraction of sp³-hybridized carbons (Fsp3) is 0.857. The van der Waals surface area contributed by atoms with Crippen molar-refractivity contribution in [2.75, 3.05) is 20.6 Å². The number of amides is 2. The lowest BCUT2D eigenvalue weighted by molar-refractivity contribution is -0.132. The molecule has 1 fully saturated rings. The maximum atomic E-state index is 12.1. The van der Waals surface area contributed by atoms with Crippen LogP contribution in [0.25, 0.3) is 0 Å². The summed E-state index contributed by atoms with van der Waals surface area (Å²) in [7, 11) is 3.31. The van der Waals surface area contributed by atoms with Crippen LogP contribution in [0.5, 0.6) is 0 Å². The van der Waals surface area contributed by atoms with Crippen LogP contribution in [0.15, 0.2) is 0 Å². The minimum Gasteiger partial charge on any atom is -0.359 e. The zero-order valence-corrected chi connectivity index (χ0v) is 13.4. The van der Waals surface area contributed by atoms with Crippen molar-refractivity contribution in [3.05, 3.63) is 0 Å². The van der Waals surface area contributed by atoms with Gasteiger partial charge < -0.3 is 16.0 Å². The van der Waals surface area contributed by atoms with Gasteiger partial charge in [0.2, 0.25) is 11.8 Å². The number of hydrogen-bond donors (Lipinski definition) is 2. The lowest BCUT2D eigenvalue weighted by atomic mass is 9.85. The molecule has 0 radical (unpaired) electrons. The third-order valence-electron chi connectivity index (χ3n) is 3.96. The highest BCUT2D eigenvalue weighted by atomic mass is 35.5. The molecular formula is C14H28ClN3O2. The molecule has 0 aromatic rings. The molecule has 0 unspecified atom stereocenters. The van der Waals surface area contributed by atoms with E-state index in [0.717, 1.165) is 6.42 Å². The molecule has 5 nitrogen and oxygen atoms in total. The van der Waals surface area contributed by atoms with Crippen molar-refractivity contribution in [3.8, 4) is 0 Å². The summed E-state index contributed by atoms with van der Waals surface area (Å²) in [6.07, 6.45) is 7.34. The lowest BCUT2D eigenvalue weighted by Crippen LogP contribution is -2.44. The highest BCUT2D eigenvalue weighted by Crippen LogP contribution is 2.27. The highest BCUT2D eigenvalue weighted by Gasteiger charge is 2.23. The largest absolute Gasteiger partial charge is 0.359 e. The molecule has 1 rings (SSSR count). The quantitative estimate of drug-likeness (QED) is 0.776. The molecule has 0 spiro atoms. The molecule has 6 heteroatoms. The van der Waals surface area contributed by atoms with Crippen LogP contribution in [0, 0.1) is 5.92 Å². The summed E-state index contributed by atoms with van der Waals surface area (Å²) >= 11 is 0. The van der Waals surface area contributed by atoms with Gasteiger partial charge in [-0.2, -0.15) is 0 Å². The number of nitrogens with zero attached hydrogens (tertiary/aromatic N) is 1. The Labute approximate surface area is 128 Å². The molecule has 0 aromatic heterocycles. The first-order valence-electron chi connectivity index (χ1n) is 7.25. The molecule has 3 N–H and O–H groups in total. The van der Waals surface area contributed by atoms with E-state index < -0.39 is 6.04 Å². The second-order valence-corrected chi connectivity index (χ2v) is 5.53. The van der Waals surface area contributed by atoms with Crippen LogP contribution in [-0.4, -0.2) is 43.4 Å². The predicted molar refractivity (Wildman–Crippen MR) is 82.7 cm³/mol. The summed E-state index contributed by atoms with van der Waals surface area (Å²) in [4.78, 5) is 24.8. The fourth-order valence-corrected chi connectivity index (χ4v) is 2.67. The summed E-state index contributed by atoms with van der Waals surface area (Å²) in [5, 5.41) is 2.55. The summed E-state index contributed by atoms with van der Waals surface area (Å²) in [5.74, 6) is 0.495. The van der Waals surface area contributed by atoms with E-state index in [9.17, 15) is 9.59 Å². The van der Waals surface area contributed by atoms with E-state index in [0.29, 0.717) is 18.9 Å². The Morgan fingerprint density at radius 3 is 2.45 bits per heavy atom. The van der Waals surface area contributed by atoms with Crippen LogP contribution < -0.4 is 11.1 Å². The zero-order chi connectivity index (χ0) is 14.3. The summed E-state index contributed by atoms with van der Waals surface area (Å²) in [6.45, 7) is 0.427. The first kappa shape index (κ1) is 19.2. The van der Waals surface area contributed by atoms with Crippen molar-refractivity contribution in [1.29, 1.82) is 0 Å². The van der Waals surface area contributed by atoms with Crippen molar-refractivity contribution < 1.29 is 9.59 Å². The zero-order valence-electron chi connectivity index (χ0n) is 12.6. The molecule has 0 heterocycles. The van der Waals surface area contributed by atoms with Gasteiger partial charge in [0.05, 0.1) is 6.04 Å². The highest BCUT2D eigenvalue weighted by molar-refractivity contribution is 5.85. The first-order chi connectivity index (χ1) is 9.04. The minimum atomic E-state index is -0.419. The minimum absolute atomic E-state index is 0. The van der Waals surface area contributed by atoms with Gasteiger partial charge in [-0.3, -0.25) is 9.59 Å². The first-order valence-corrected chi connectivity index (χ1v) is 7.25. The Kier molecular flexibility index (Phi) is 9.59. The number of rotatable bonds is 6. The Bertz CT molecular complexity index is 307. The molecule has 2 amide bonds.